The van der Waals surface area contributed by atoms with Crippen LogP contribution in [0.3, 0.4) is 0 Å². The number of halogens is 3. The lowest BCUT2D eigenvalue weighted by Gasteiger charge is -2.26. The van der Waals surface area contributed by atoms with Crippen LogP contribution in [0.4, 0.5) is 13.2 Å². The van der Waals surface area contributed by atoms with Gasteiger partial charge in [-0.3, -0.25) is 9.00 Å². The van der Waals surface area contributed by atoms with Crippen LogP contribution < -0.4 is 0 Å². The lowest BCUT2D eigenvalue weighted by atomic mass is 9.90. The molecular formula is C16H17F3O2S. The molecule has 2 fully saturated rings. The van der Waals surface area contributed by atoms with E-state index >= 15 is 0 Å². The highest BCUT2D eigenvalue weighted by atomic mass is 32.2. The SMILES string of the molecule is O=C(Cc1ccc(C(F)(F)F)cc1)C1CC2CCC(C1)S2=O. The molecule has 0 saturated carbocycles. The molecule has 0 amide bonds. The first-order valence-corrected chi connectivity index (χ1v) is 8.70. The van der Waals surface area contributed by atoms with Crippen molar-refractivity contribution < 1.29 is 22.2 Å². The first-order chi connectivity index (χ1) is 10.3. The fraction of sp³-hybridized carbons (Fsp3) is 0.562. The van der Waals surface area contributed by atoms with E-state index in [0.29, 0.717) is 18.4 Å². The molecule has 2 heterocycles. The highest BCUT2D eigenvalue weighted by Crippen LogP contribution is 2.39. The van der Waals surface area contributed by atoms with Gasteiger partial charge in [-0.15, -0.1) is 0 Å². The monoisotopic (exact) mass is 330 g/mol. The summed E-state index contributed by atoms with van der Waals surface area (Å²) in [7, 11) is -0.793. The summed E-state index contributed by atoms with van der Waals surface area (Å²) in [5, 5.41) is 0.278. The second kappa shape index (κ2) is 5.80. The molecule has 0 spiro atoms. The van der Waals surface area contributed by atoms with Gasteiger partial charge in [-0.1, -0.05) is 12.1 Å². The first-order valence-electron chi connectivity index (χ1n) is 7.43. The molecule has 3 rings (SSSR count). The number of carbonyl (C=O) groups excluding carboxylic acids is 1. The summed E-state index contributed by atoms with van der Waals surface area (Å²) in [5.74, 6) is -0.0224. The summed E-state index contributed by atoms with van der Waals surface area (Å²) in [5.41, 5.74) is -0.0909. The summed E-state index contributed by atoms with van der Waals surface area (Å²) in [6.45, 7) is 0. The summed E-state index contributed by atoms with van der Waals surface area (Å²) >= 11 is 0. The topological polar surface area (TPSA) is 34.1 Å². The van der Waals surface area contributed by atoms with Crippen LogP contribution in [0.2, 0.25) is 0 Å². The third kappa shape index (κ3) is 3.12. The molecule has 0 radical (unpaired) electrons. The summed E-state index contributed by atoms with van der Waals surface area (Å²) in [6, 6.07) is 4.77. The average molecular weight is 330 g/mol. The third-order valence-corrected chi connectivity index (χ3v) is 6.85. The van der Waals surface area contributed by atoms with Crippen molar-refractivity contribution in [3.8, 4) is 0 Å². The number of carbonyl (C=O) groups is 1. The zero-order chi connectivity index (χ0) is 15.9. The number of hydrogen-bond acceptors (Lipinski definition) is 2. The van der Waals surface area contributed by atoms with Crippen molar-refractivity contribution in [3.63, 3.8) is 0 Å². The molecule has 2 atom stereocenters. The van der Waals surface area contributed by atoms with Gasteiger partial charge in [0.05, 0.1) is 5.56 Å². The molecule has 6 heteroatoms. The van der Waals surface area contributed by atoms with Crippen LogP contribution in [-0.2, 0) is 28.2 Å². The second-order valence-electron chi connectivity index (χ2n) is 6.16. The molecule has 0 N–H and O–H groups in total. The molecule has 2 saturated heterocycles. The van der Waals surface area contributed by atoms with E-state index in [2.05, 4.69) is 0 Å². The largest absolute Gasteiger partial charge is 0.416 e. The van der Waals surface area contributed by atoms with Crippen molar-refractivity contribution in [2.45, 2.75) is 48.8 Å². The minimum Gasteiger partial charge on any atom is -0.299 e. The minimum atomic E-state index is -4.35. The Morgan fingerprint density at radius 3 is 2.14 bits per heavy atom. The first kappa shape index (κ1) is 15.7. The van der Waals surface area contributed by atoms with Crippen LogP contribution in [0, 0.1) is 5.92 Å². The van der Waals surface area contributed by atoms with Crippen LogP contribution in [0.5, 0.6) is 0 Å². The highest BCUT2D eigenvalue weighted by Gasteiger charge is 2.42. The van der Waals surface area contributed by atoms with Crippen molar-refractivity contribution in [2.75, 3.05) is 0 Å². The fourth-order valence-corrected chi connectivity index (χ4v) is 5.58. The van der Waals surface area contributed by atoms with E-state index in [1.165, 1.54) is 12.1 Å². The second-order valence-corrected chi connectivity index (χ2v) is 8.15. The molecule has 0 aliphatic carbocycles. The highest BCUT2D eigenvalue weighted by molar-refractivity contribution is 7.86. The van der Waals surface area contributed by atoms with Gasteiger partial charge in [0.15, 0.2) is 0 Å². The molecule has 2 nitrogen and oxygen atoms in total. The molecular weight excluding hydrogens is 313 g/mol. The van der Waals surface area contributed by atoms with Gasteiger partial charge in [0.1, 0.15) is 5.78 Å². The smallest absolute Gasteiger partial charge is 0.299 e. The van der Waals surface area contributed by atoms with E-state index in [9.17, 15) is 22.2 Å². The van der Waals surface area contributed by atoms with Gasteiger partial charge in [-0.05, 0) is 43.4 Å². The Morgan fingerprint density at radius 1 is 1.09 bits per heavy atom. The Labute approximate surface area is 129 Å². The van der Waals surface area contributed by atoms with Crippen LogP contribution in [0.15, 0.2) is 24.3 Å². The number of Topliss-reactive ketones (excluding diaryl/α,β-unsaturated/α-hetero) is 1. The lowest BCUT2D eigenvalue weighted by molar-refractivity contribution is -0.137. The molecule has 120 valence electrons. The quantitative estimate of drug-likeness (QED) is 0.850. The van der Waals surface area contributed by atoms with Gasteiger partial charge < -0.3 is 0 Å². The van der Waals surface area contributed by atoms with E-state index in [0.717, 1.165) is 25.0 Å². The van der Waals surface area contributed by atoms with Crippen molar-refractivity contribution in [1.29, 1.82) is 0 Å². The average Bonchev–Trinajstić information content (AvgIpc) is 2.69. The maximum Gasteiger partial charge on any atom is 0.416 e. The van der Waals surface area contributed by atoms with Gasteiger partial charge in [0, 0.05) is 33.6 Å². The Kier molecular flexibility index (Phi) is 4.14. The van der Waals surface area contributed by atoms with Gasteiger partial charge >= 0.3 is 6.18 Å². The number of hydrogen-bond donors (Lipinski definition) is 0. The Bertz CT molecular complexity index is 578. The normalized spacial score (nSPS) is 31.2. The van der Waals surface area contributed by atoms with Crippen LogP contribution in [0.25, 0.3) is 0 Å². The number of benzene rings is 1. The molecule has 0 aromatic heterocycles. The molecule has 2 aliphatic rings. The van der Waals surface area contributed by atoms with Crippen LogP contribution in [-0.4, -0.2) is 20.5 Å². The van der Waals surface area contributed by atoms with Crippen molar-refractivity contribution in [3.05, 3.63) is 35.4 Å². The maximum atomic E-state index is 12.5. The van der Waals surface area contributed by atoms with E-state index in [1.807, 2.05) is 0 Å². The molecule has 2 unspecified atom stereocenters. The predicted octanol–water partition coefficient (Wildman–Crippen LogP) is 3.51. The van der Waals surface area contributed by atoms with Gasteiger partial charge in [-0.2, -0.15) is 13.2 Å². The molecule has 1 aromatic rings. The zero-order valence-corrected chi connectivity index (χ0v) is 12.8. The zero-order valence-electron chi connectivity index (χ0n) is 11.9. The molecule has 1 aromatic carbocycles. The number of fused-ring (bicyclic) bond motifs is 2. The summed E-state index contributed by atoms with van der Waals surface area (Å²) in [6.07, 6.45) is -0.988. The predicted molar refractivity (Wildman–Crippen MR) is 77.8 cm³/mol. The number of alkyl halides is 3. The van der Waals surface area contributed by atoms with E-state index < -0.39 is 22.5 Å². The Balaban J connectivity index is 1.64. The summed E-state index contributed by atoms with van der Waals surface area (Å²) in [4.78, 5) is 12.4. The Hall–Kier alpha value is -1.17. The molecule has 2 bridgehead atoms. The fourth-order valence-electron chi connectivity index (χ4n) is 3.45. The Morgan fingerprint density at radius 2 is 1.64 bits per heavy atom. The van der Waals surface area contributed by atoms with Crippen molar-refractivity contribution >= 4 is 16.6 Å². The van der Waals surface area contributed by atoms with Crippen molar-refractivity contribution in [1.82, 2.24) is 0 Å². The molecule has 22 heavy (non-hydrogen) atoms. The van der Waals surface area contributed by atoms with Gasteiger partial charge in [0.25, 0.3) is 0 Å². The van der Waals surface area contributed by atoms with Crippen LogP contribution >= 0.6 is 0 Å². The van der Waals surface area contributed by atoms with E-state index in [-0.39, 0.29) is 28.6 Å². The van der Waals surface area contributed by atoms with Gasteiger partial charge in [0.2, 0.25) is 0 Å². The van der Waals surface area contributed by atoms with Gasteiger partial charge in [-0.25, -0.2) is 0 Å². The van der Waals surface area contributed by atoms with Crippen molar-refractivity contribution in [2.24, 2.45) is 5.92 Å². The maximum absolute atomic E-state index is 12.5. The van der Waals surface area contributed by atoms with E-state index in [4.69, 9.17) is 0 Å². The number of ketones is 1. The summed E-state index contributed by atoms with van der Waals surface area (Å²) < 4.78 is 49.5. The third-order valence-electron chi connectivity index (χ3n) is 4.68. The number of rotatable bonds is 3. The van der Waals surface area contributed by atoms with Crippen LogP contribution in [0.1, 0.15) is 36.8 Å². The minimum absolute atomic E-state index is 0.0633. The standard InChI is InChI=1S/C16H17F3O2S/c17-16(18,19)12-3-1-10(2-4-12)7-15(20)11-8-13-5-6-14(9-11)22(13)21/h1-4,11,13-14H,5-9H2. The van der Waals surface area contributed by atoms with E-state index in [1.54, 1.807) is 0 Å². The molecule has 2 aliphatic heterocycles. The lowest BCUT2D eigenvalue weighted by Crippen LogP contribution is -2.32.